The SMILES string of the molecule is CCCCN(CCC)S(=O)(=O)CCOCC(F)(F)C(F)(F)F. The van der Waals surface area contributed by atoms with E-state index in [0.717, 1.165) is 6.42 Å². The molecule has 0 atom stereocenters. The largest absolute Gasteiger partial charge is 0.455 e. The van der Waals surface area contributed by atoms with Crippen LogP contribution in [0, 0.1) is 0 Å². The van der Waals surface area contributed by atoms with Gasteiger partial charge in [-0.1, -0.05) is 20.3 Å². The summed E-state index contributed by atoms with van der Waals surface area (Å²) in [5.74, 6) is -5.60. The lowest BCUT2D eigenvalue weighted by molar-refractivity contribution is -0.296. The van der Waals surface area contributed by atoms with Crippen molar-refractivity contribution in [2.24, 2.45) is 0 Å². The molecule has 0 amide bonds. The lowest BCUT2D eigenvalue weighted by atomic mass is 10.3. The van der Waals surface area contributed by atoms with Crippen molar-refractivity contribution in [2.75, 3.05) is 32.1 Å². The Hall–Kier alpha value is -0.480. The quantitative estimate of drug-likeness (QED) is 0.423. The smallest absolute Gasteiger partial charge is 0.374 e. The van der Waals surface area contributed by atoms with Crippen LogP contribution in [0.25, 0.3) is 0 Å². The van der Waals surface area contributed by atoms with Crippen molar-refractivity contribution in [3.8, 4) is 0 Å². The number of unbranched alkanes of at least 4 members (excludes halogenated alkanes) is 1. The Kier molecular flexibility index (Phi) is 8.78. The summed E-state index contributed by atoms with van der Waals surface area (Å²) in [5.41, 5.74) is 0. The summed E-state index contributed by atoms with van der Waals surface area (Å²) in [7, 11) is -3.73. The van der Waals surface area contributed by atoms with E-state index in [-0.39, 0.29) is 6.54 Å². The maximum absolute atomic E-state index is 12.6. The molecule has 134 valence electrons. The van der Waals surface area contributed by atoms with Gasteiger partial charge in [0.15, 0.2) is 0 Å². The van der Waals surface area contributed by atoms with Crippen molar-refractivity contribution in [3.63, 3.8) is 0 Å². The lowest BCUT2D eigenvalue weighted by Crippen LogP contribution is -2.41. The Morgan fingerprint density at radius 1 is 1.00 bits per heavy atom. The van der Waals surface area contributed by atoms with E-state index in [9.17, 15) is 30.4 Å². The second kappa shape index (κ2) is 8.97. The van der Waals surface area contributed by atoms with Crippen molar-refractivity contribution in [1.82, 2.24) is 4.31 Å². The molecule has 0 N–H and O–H groups in total. The fourth-order valence-electron chi connectivity index (χ4n) is 1.55. The van der Waals surface area contributed by atoms with Gasteiger partial charge in [0.25, 0.3) is 0 Å². The second-order valence-corrected chi connectivity index (χ2v) is 6.91. The number of nitrogens with zero attached hydrogens (tertiary/aromatic N) is 1. The van der Waals surface area contributed by atoms with Crippen LogP contribution >= 0.6 is 0 Å². The van der Waals surface area contributed by atoms with Gasteiger partial charge in [0.1, 0.15) is 6.61 Å². The van der Waals surface area contributed by atoms with Crippen LogP contribution < -0.4 is 0 Å². The Balaban J connectivity index is 4.42. The molecular weight excluding hydrogens is 333 g/mol. The Labute approximate surface area is 127 Å². The van der Waals surface area contributed by atoms with E-state index in [4.69, 9.17) is 0 Å². The molecule has 0 aliphatic rings. The zero-order chi connectivity index (χ0) is 17.4. The fourth-order valence-corrected chi connectivity index (χ4v) is 3.00. The van der Waals surface area contributed by atoms with Crippen LogP contribution in [0.4, 0.5) is 22.0 Å². The average Bonchev–Trinajstić information content (AvgIpc) is 2.38. The van der Waals surface area contributed by atoms with Gasteiger partial charge in [0, 0.05) is 13.1 Å². The molecule has 0 aromatic carbocycles. The molecule has 0 unspecified atom stereocenters. The first kappa shape index (κ1) is 21.5. The zero-order valence-corrected chi connectivity index (χ0v) is 13.4. The van der Waals surface area contributed by atoms with Gasteiger partial charge in [-0.05, 0) is 12.8 Å². The molecule has 0 aromatic heterocycles. The zero-order valence-electron chi connectivity index (χ0n) is 12.6. The minimum absolute atomic E-state index is 0.279. The molecular formula is C12H22F5NO3S. The molecule has 0 bridgehead atoms. The minimum Gasteiger partial charge on any atom is -0.374 e. The topological polar surface area (TPSA) is 46.6 Å². The number of alkyl halides is 5. The van der Waals surface area contributed by atoms with E-state index in [2.05, 4.69) is 4.74 Å². The summed E-state index contributed by atoms with van der Waals surface area (Å²) in [6, 6.07) is 0. The van der Waals surface area contributed by atoms with Gasteiger partial charge < -0.3 is 4.74 Å². The first-order valence-electron chi connectivity index (χ1n) is 6.98. The molecule has 0 aromatic rings. The third-order valence-electron chi connectivity index (χ3n) is 2.81. The van der Waals surface area contributed by atoms with Crippen LogP contribution in [0.3, 0.4) is 0 Å². The third-order valence-corrected chi connectivity index (χ3v) is 4.65. The second-order valence-electron chi connectivity index (χ2n) is 4.82. The van der Waals surface area contributed by atoms with Crippen LogP contribution in [-0.2, 0) is 14.8 Å². The van der Waals surface area contributed by atoms with Crippen LogP contribution in [-0.4, -0.2) is 56.9 Å². The highest BCUT2D eigenvalue weighted by Gasteiger charge is 2.57. The molecule has 10 heteroatoms. The molecule has 0 spiro atoms. The highest BCUT2D eigenvalue weighted by molar-refractivity contribution is 7.89. The highest BCUT2D eigenvalue weighted by Crippen LogP contribution is 2.35. The Morgan fingerprint density at radius 2 is 1.59 bits per heavy atom. The van der Waals surface area contributed by atoms with Crippen LogP contribution in [0.2, 0.25) is 0 Å². The molecule has 0 rings (SSSR count). The van der Waals surface area contributed by atoms with Crippen molar-refractivity contribution in [3.05, 3.63) is 0 Å². The van der Waals surface area contributed by atoms with E-state index in [1.165, 1.54) is 4.31 Å². The number of halogens is 5. The summed E-state index contributed by atoms with van der Waals surface area (Å²) < 4.78 is 90.3. The standard InChI is InChI=1S/C12H22F5NO3S/c1-3-5-7-18(6-4-2)22(19,20)9-8-21-10-11(13,14)12(15,16)17/h3-10H2,1-2H3. The minimum atomic E-state index is -5.71. The van der Waals surface area contributed by atoms with E-state index >= 15 is 0 Å². The Morgan fingerprint density at radius 3 is 2.05 bits per heavy atom. The summed E-state index contributed by atoms with van der Waals surface area (Å²) in [5, 5.41) is 0. The van der Waals surface area contributed by atoms with Gasteiger partial charge in [-0.25, -0.2) is 12.7 Å². The van der Waals surface area contributed by atoms with Crippen molar-refractivity contribution < 1.29 is 35.1 Å². The number of sulfonamides is 1. The summed E-state index contributed by atoms with van der Waals surface area (Å²) in [4.78, 5) is 0. The molecule has 0 radical (unpaired) electrons. The maximum Gasteiger partial charge on any atom is 0.455 e. The Bertz CT molecular complexity index is 411. The average molecular weight is 355 g/mol. The number of ether oxygens (including phenoxy) is 1. The van der Waals surface area contributed by atoms with Crippen molar-refractivity contribution in [1.29, 1.82) is 0 Å². The predicted octanol–water partition coefficient (Wildman–Crippen LogP) is 3.04. The normalized spacial score (nSPS) is 13.8. The van der Waals surface area contributed by atoms with Crippen LogP contribution in [0.15, 0.2) is 0 Å². The van der Waals surface area contributed by atoms with E-state index < -0.39 is 41.1 Å². The molecule has 0 saturated heterocycles. The fraction of sp³-hybridized carbons (Fsp3) is 1.00. The number of hydrogen-bond donors (Lipinski definition) is 0. The third kappa shape index (κ3) is 7.19. The molecule has 0 aliphatic heterocycles. The number of hydrogen-bond acceptors (Lipinski definition) is 3. The van der Waals surface area contributed by atoms with Gasteiger partial charge in [-0.15, -0.1) is 0 Å². The molecule has 4 nitrogen and oxygen atoms in total. The van der Waals surface area contributed by atoms with Crippen molar-refractivity contribution >= 4 is 10.0 Å². The van der Waals surface area contributed by atoms with Crippen LogP contribution in [0.5, 0.6) is 0 Å². The molecule has 22 heavy (non-hydrogen) atoms. The van der Waals surface area contributed by atoms with Gasteiger partial charge in [-0.3, -0.25) is 0 Å². The first-order chi connectivity index (χ1) is 9.98. The first-order valence-corrected chi connectivity index (χ1v) is 8.59. The van der Waals surface area contributed by atoms with E-state index in [0.29, 0.717) is 19.4 Å². The van der Waals surface area contributed by atoms with Gasteiger partial charge in [0.05, 0.1) is 12.4 Å². The van der Waals surface area contributed by atoms with Crippen LogP contribution in [0.1, 0.15) is 33.1 Å². The van der Waals surface area contributed by atoms with Gasteiger partial charge in [-0.2, -0.15) is 22.0 Å². The van der Waals surface area contributed by atoms with Gasteiger partial charge in [0.2, 0.25) is 10.0 Å². The molecule has 0 saturated carbocycles. The summed E-state index contributed by atoms with van der Waals surface area (Å²) in [6.45, 7) is 1.66. The number of rotatable bonds is 11. The molecule has 0 heterocycles. The monoisotopic (exact) mass is 355 g/mol. The van der Waals surface area contributed by atoms with Crippen molar-refractivity contribution in [2.45, 2.75) is 45.2 Å². The summed E-state index contributed by atoms with van der Waals surface area (Å²) in [6.07, 6.45) is -3.70. The maximum atomic E-state index is 12.6. The van der Waals surface area contributed by atoms with Gasteiger partial charge >= 0.3 is 12.1 Å². The van der Waals surface area contributed by atoms with E-state index in [1.807, 2.05) is 6.92 Å². The predicted molar refractivity (Wildman–Crippen MR) is 72.4 cm³/mol. The molecule has 0 aliphatic carbocycles. The summed E-state index contributed by atoms with van der Waals surface area (Å²) >= 11 is 0. The highest BCUT2D eigenvalue weighted by atomic mass is 32.2. The van der Waals surface area contributed by atoms with E-state index in [1.54, 1.807) is 6.92 Å². The lowest BCUT2D eigenvalue weighted by Gasteiger charge is -2.22. The molecule has 0 fully saturated rings.